The zero-order valence-electron chi connectivity index (χ0n) is 7.89. The maximum atomic E-state index is 2.39. The first-order valence-corrected chi connectivity index (χ1v) is 5.50. The standard InChI is InChI=1S/C11H15I/c1-4-9-5-10(8(2)3)7-11(12)6-9/h5-8H,4H2,1-3H3. The number of halogens is 1. The highest BCUT2D eigenvalue weighted by Gasteiger charge is 2.01. The molecule has 1 heteroatoms. The van der Waals surface area contributed by atoms with E-state index in [1.165, 1.54) is 14.7 Å². The van der Waals surface area contributed by atoms with Crippen molar-refractivity contribution in [1.29, 1.82) is 0 Å². The van der Waals surface area contributed by atoms with Crippen LogP contribution in [-0.4, -0.2) is 0 Å². The van der Waals surface area contributed by atoms with Crippen LogP contribution in [0.15, 0.2) is 18.2 Å². The predicted molar refractivity (Wildman–Crippen MR) is 62.6 cm³/mol. The molecule has 1 aromatic carbocycles. The Labute approximate surface area is 88.5 Å². The van der Waals surface area contributed by atoms with Gasteiger partial charge in [-0.05, 0) is 58.2 Å². The minimum absolute atomic E-state index is 0.644. The van der Waals surface area contributed by atoms with Gasteiger partial charge in [0.05, 0.1) is 0 Å². The normalized spacial score (nSPS) is 10.8. The van der Waals surface area contributed by atoms with Gasteiger partial charge in [0, 0.05) is 3.57 Å². The van der Waals surface area contributed by atoms with Crippen molar-refractivity contribution in [3.63, 3.8) is 0 Å². The third-order valence-corrected chi connectivity index (χ3v) is 2.68. The largest absolute Gasteiger partial charge is 0.0613 e. The second kappa shape index (κ2) is 4.26. The van der Waals surface area contributed by atoms with Crippen LogP contribution in [0.4, 0.5) is 0 Å². The van der Waals surface area contributed by atoms with Gasteiger partial charge in [-0.2, -0.15) is 0 Å². The lowest BCUT2D eigenvalue weighted by Gasteiger charge is -2.08. The molecule has 0 aromatic heterocycles. The van der Waals surface area contributed by atoms with Crippen LogP contribution in [-0.2, 0) is 6.42 Å². The molecule has 0 aliphatic carbocycles. The van der Waals surface area contributed by atoms with Crippen LogP contribution in [0.5, 0.6) is 0 Å². The molecule has 0 fully saturated rings. The van der Waals surface area contributed by atoms with Crippen molar-refractivity contribution in [2.45, 2.75) is 33.1 Å². The molecular weight excluding hydrogens is 259 g/mol. The van der Waals surface area contributed by atoms with E-state index in [2.05, 4.69) is 61.6 Å². The molecule has 0 amide bonds. The van der Waals surface area contributed by atoms with Crippen molar-refractivity contribution in [3.8, 4) is 0 Å². The lowest BCUT2D eigenvalue weighted by Crippen LogP contribution is -1.91. The smallest absolute Gasteiger partial charge is 0.0135 e. The minimum Gasteiger partial charge on any atom is -0.0613 e. The third-order valence-electron chi connectivity index (χ3n) is 2.05. The molecule has 12 heavy (non-hydrogen) atoms. The van der Waals surface area contributed by atoms with E-state index in [4.69, 9.17) is 0 Å². The van der Waals surface area contributed by atoms with E-state index >= 15 is 0 Å². The molecule has 1 aromatic rings. The Bertz CT molecular complexity index is 264. The molecule has 0 radical (unpaired) electrons. The fraction of sp³-hybridized carbons (Fsp3) is 0.455. The number of rotatable bonds is 2. The Morgan fingerprint density at radius 3 is 2.42 bits per heavy atom. The molecule has 0 bridgehead atoms. The molecule has 0 spiro atoms. The molecule has 66 valence electrons. The quantitative estimate of drug-likeness (QED) is 0.716. The van der Waals surface area contributed by atoms with E-state index in [1.54, 1.807) is 0 Å². The Morgan fingerprint density at radius 1 is 1.25 bits per heavy atom. The van der Waals surface area contributed by atoms with Crippen LogP contribution in [0.3, 0.4) is 0 Å². The van der Waals surface area contributed by atoms with Crippen LogP contribution in [0, 0.1) is 3.57 Å². The summed E-state index contributed by atoms with van der Waals surface area (Å²) in [5.74, 6) is 0.644. The molecule has 0 atom stereocenters. The van der Waals surface area contributed by atoms with Gasteiger partial charge in [-0.15, -0.1) is 0 Å². The summed E-state index contributed by atoms with van der Waals surface area (Å²) < 4.78 is 1.36. The molecule has 1 rings (SSSR count). The number of hydrogen-bond acceptors (Lipinski definition) is 0. The summed E-state index contributed by atoms with van der Waals surface area (Å²) >= 11 is 2.39. The van der Waals surface area contributed by atoms with Gasteiger partial charge in [-0.25, -0.2) is 0 Å². The molecule has 0 saturated carbocycles. The second-order valence-electron chi connectivity index (χ2n) is 3.40. The van der Waals surface area contributed by atoms with Gasteiger partial charge in [-0.3, -0.25) is 0 Å². The SMILES string of the molecule is CCc1cc(I)cc(C(C)C)c1. The van der Waals surface area contributed by atoms with E-state index < -0.39 is 0 Å². The summed E-state index contributed by atoms with van der Waals surface area (Å²) in [4.78, 5) is 0. The second-order valence-corrected chi connectivity index (χ2v) is 4.65. The lowest BCUT2D eigenvalue weighted by molar-refractivity contribution is 0.861. The van der Waals surface area contributed by atoms with Gasteiger partial charge in [0.25, 0.3) is 0 Å². The maximum absolute atomic E-state index is 2.39. The van der Waals surface area contributed by atoms with Gasteiger partial charge in [0.2, 0.25) is 0 Å². The highest BCUT2D eigenvalue weighted by atomic mass is 127. The summed E-state index contributed by atoms with van der Waals surface area (Å²) in [6.07, 6.45) is 1.14. The lowest BCUT2D eigenvalue weighted by atomic mass is 10.0. The van der Waals surface area contributed by atoms with Gasteiger partial charge in [-0.1, -0.05) is 26.8 Å². The first-order chi connectivity index (χ1) is 5.63. The van der Waals surface area contributed by atoms with Crippen LogP contribution < -0.4 is 0 Å². The summed E-state index contributed by atoms with van der Waals surface area (Å²) in [7, 11) is 0. The summed E-state index contributed by atoms with van der Waals surface area (Å²) in [5, 5.41) is 0. The summed E-state index contributed by atoms with van der Waals surface area (Å²) in [6.45, 7) is 6.69. The van der Waals surface area contributed by atoms with E-state index in [1.807, 2.05) is 0 Å². The zero-order valence-corrected chi connectivity index (χ0v) is 10.1. The molecule has 0 aliphatic rings. The van der Waals surface area contributed by atoms with Crippen molar-refractivity contribution in [3.05, 3.63) is 32.9 Å². The molecule has 0 unspecified atom stereocenters. The van der Waals surface area contributed by atoms with Crippen LogP contribution in [0.25, 0.3) is 0 Å². The fourth-order valence-corrected chi connectivity index (χ4v) is 1.97. The molecule has 0 aliphatic heterocycles. The Balaban J connectivity index is 3.06. The third kappa shape index (κ3) is 2.47. The van der Waals surface area contributed by atoms with Crippen LogP contribution >= 0.6 is 22.6 Å². The van der Waals surface area contributed by atoms with E-state index in [0.29, 0.717) is 5.92 Å². The Morgan fingerprint density at radius 2 is 1.92 bits per heavy atom. The van der Waals surface area contributed by atoms with Crippen molar-refractivity contribution < 1.29 is 0 Å². The van der Waals surface area contributed by atoms with E-state index in [0.717, 1.165) is 6.42 Å². The highest BCUT2D eigenvalue weighted by Crippen LogP contribution is 2.19. The van der Waals surface area contributed by atoms with Crippen molar-refractivity contribution in [2.75, 3.05) is 0 Å². The van der Waals surface area contributed by atoms with Crippen molar-refractivity contribution in [2.24, 2.45) is 0 Å². The Hall–Kier alpha value is -0.0500. The van der Waals surface area contributed by atoms with Crippen molar-refractivity contribution in [1.82, 2.24) is 0 Å². The van der Waals surface area contributed by atoms with Gasteiger partial charge in [0.1, 0.15) is 0 Å². The number of aryl methyl sites for hydroxylation is 1. The van der Waals surface area contributed by atoms with Crippen molar-refractivity contribution >= 4 is 22.6 Å². The molecule has 0 heterocycles. The average molecular weight is 274 g/mol. The summed E-state index contributed by atoms with van der Waals surface area (Å²) in [6, 6.07) is 6.84. The van der Waals surface area contributed by atoms with E-state index in [-0.39, 0.29) is 0 Å². The molecule has 0 N–H and O–H groups in total. The van der Waals surface area contributed by atoms with Gasteiger partial charge < -0.3 is 0 Å². The first-order valence-electron chi connectivity index (χ1n) is 4.43. The molecule has 0 nitrogen and oxygen atoms in total. The van der Waals surface area contributed by atoms with Crippen LogP contribution in [0.1, 0.15) is 37.8 Å². The Kier molecular flexibility index (Phi) is 3.56. The predicted octanol–water partition coefficient (Wildman–Crippen LogP) is 3.98. The maximum Gasteiger partial charge on any atom is 0.0135 e. The monoisotopic (exact) mass is 274 g/mol. The minimum atomic E-state index is 0.644. The topological polar surface area (TPSA) is 0 Å². The first kappa shape index (κ1) is 10.0. The van der Waals surface area contributed by atoms with Gasteiger partial charge >= 0.3 is 0 Å². The number of hydrogen-bond donors (Lipinski definition) is 0. The number of benzene rings is 1. The summed E-state index contributed by atoms with van der Waals surface area (Å²) in [5.41, 5.74) is 2.91. The van der Waals surface area contributed by atoms with Crippen LogP contribution in [0.2, 0.25) is 0 Å². The average Bonchev–Trinajstić information content (AvgIpc) is 2.03. The van der Waals surface area contributed by atoms with E-state index in [9.17, 15) is 0 Å². The molecule has 0 saturated heterocycles. The molecular formula is C11H15I. The fourth-order valence-electron chi connectivity index (χ4n) is 1.21. The highest BCUT2D eigenvalue weighted by molar-refractivity contribution is 14.1. The zero-order chi connectivity index (χ0) is 9.14. The van der Waals surface area contributed by atoms with Gasteiger partial charge in [0.15, 0.2) is 0 Å².